The first-order valence-corrected chi connectivity index (χ1v) is 7.80. The van der Waals surface area contributed by atoms with Crippen molar-refractivity contribution >= 4 is 40.2 Å². The predicted octanol–water partition coefficient (Wildman–Crippen LogP) is 3.44. The molecule has 1 heterocycles. The molecule has 0 aliphatic carbocycles. The Morgan fingerprint density at radius 1 is 1.29 bits per heavy atom. The zero-order valence-electron chi connectivity index (χ0n) is 11.8. The molecule has 4 nitrogen and oxygen atoms in total. The van der Waals surface area contributed by atoms with Crippen LogP contribution >= 0.6 is 22.9 Å². The number of benzene rings is 1. The number of carbonyl (C=O) groups is 1. The molecule has 21 heavy (non-hydrogen) atoms. The van der Waals surface area contributed by atoms with Gasteiger partial charge in [0.05, 0.1) is 4.34 Å². The molecule has 1 aromatic heterocycles. The molecule has 3 N–H and O–H groups in total. The summed E-state index contributed by atoms with van der Waals surface area (Å²) in [6.07, 6.45) is 0.444. The van der Waals surface area contributed by atoms with Crippen molar-refractivity contribution in [3.05, 3.63) is 45.6 Å². The molecule has 0 saturated carbocycles. The molecule has 112 valence electrons. The number of nitrogens with one attached hydrogen (secondary N) is 1. The lowest BCUT2D eigenvalue weighted by Gasteiger charge is -2.15. The van der Waals surface area contributed by atoms with Crippen molar-refractivity contribution in [2.24, 2.45) is 0 Å². The van der Waals surface area contributed by atoms with Crippen LogP contribution in [0.5, 0.6) is 0 Å². The Bertz CT molecular complexity index is 597. The van der Waals surface area contributed by atoms with E-state index in [2.05, 4.69) is 10.2 Å². The summed E-state index contributed by atoms with van der Waals surface area (Å²) in [5, 5.41) is 2.85. The number of nitrogen functional groups attached to an aromatic ring is 1. The van der Waals surface area contributed by atoms with Crippen LogP contribution in [0.25, 0.3) is 0 Å². The minimum absolute atomic E-state index is 0.00386. The van der Waals surface area contributed by atoms with Gasteiger partial charge in [0.1, 0.15) is 0 Å². The highest BCUT2D eigenvalue weighted by atomic mass is 35.5. The number of nitrogens with zero attached hydrogens (tertiary/aromatic N) is 1. The maximum Gasteiger partial charge on any atom is 0.225 e. The molecule has 0 aliphatic rings. The van der Waals surface area contributed by atoms with Gasteiger partial charge < -0.3 is 16.0 Å². The average Bonchev–Trinajstić information content (AvgIpc) is 2.84. The number of nitrogens with two attached hydrogens (primary N) is 1. The highest BCUT2D eigenvalue weighted by molar-refractivity contribution is 7.16. The second-order valence-electron chi connectivity index (χ2n) is 4.86. The van der Waals surface area contributed by atoms with Gasteiger partial charge in [0.2, 0.25) is 5.91 Å². The van der Waals surface area contributed by atoms with E-state index in [4.69, 9.17) is 17.3 Å². The second kappa shape index (κ2) is 7.45. The van der Waals surface area contributed by atoms with Gasteiger partial charge in [0.15, 0.2) is 0 Å². The van der Waals surface area contributed by atoms with Crippen molar-refractivity contribution in [2.45, 2.75) is 13.0 Å². The van der Waals surface area contributed by atoms with E-state index in [0.717, 1.165) is 16.6 Å². The summed E-state index contributed by atoms with van der Waals surface area (Å²) in [7, 11) is 1.99. The fourth-order valence-corrected chi connectivity index (χ4v) is 3.03. The molecule has 0 fully saturated rings. The number of amides is 1. The minimum Gasteiger partial charge on any atom is -0.399 e. The van der Waals surface area contributed by atoms with E-state index in [9.17, 15) is 4.79 Å². The van der Waals surface area contributed by atoms with Gasteiger partial charge in [0.25, 0.3) is 0 Å². The summed E-state index contributed by atoms with van der Waals surface area (Å²) in [5.74, 6) is -0.00386. The first kappa shape index (κ1) is 15.8. The number of thiophene rings is 1. The van der Waals surface area contributed by atoms with Crippen LogP contribution in [0.3, 0.4) is 0 Å². The van der Waals surface area contributed by atoms with Gasteiger partial charge in [-0.2, -0.15) is 0 Å². The number of anilines is 2. The Morgan fingerprint density at radius 3 is 2.62 bits per heavy atom. The average molecular weight is 324 g/mol. The molecule has 1 amide bonds. The molecular weight excluding hydrogens is 306 g/mol. The van der Waals surface area contributed by atoms with Crippen molar-refractivity contribution in [3.8, 4) is 0 Å². The van der Waals surface area contributed by atoms with Gasteiger partial charge in [-0.3, -0.25) is 4.79 Å². The van der Waals surface area contributed by atoms with Crippen LogP contribution in [0.1, 0.15) is 11.3 Å². The van der Waals surface area contributed by atoms with Gasteiger partial charge in [-0.05, 0) is 43.4 Å². The Labute approximate surface area is 133 Å². The monoisotopic (exact) mass is 323 g/mol. The van der Waals surface area contributed by atoms with Gasteiger partial charge in [-0.1, -0.05) is 11.6 Å². The Morgan fingerprint density at radius 2 is 2.00 bits per heavy atom. The van der Waals surface area contributed by atoms with E-state index in [1.165, 1.54) is 4.88 Å². The van der Waals surface area contributed by atoms with Crippen LogP contribution in [-0.4, -0.2) is 24.4 Å². The van der Waals surface area contributed by atoms with Gasteiger partial charge in [0, 0.05) is 35.8 Å². The van der Waals surface area contributed by atoms with Crippen molar-refractivity contribution in [2.75, 3.05) is 24.6 Å². The van der Waals surface area contributed by atoms with Crippen LogP contribution in [0.2, 0.25) is 4.34 Å². The first-order valence-electron chi connectivity index (χ1n) is 6.61. The van der Waals surface area contributed by atoms with Crippen molar-refractivity contribution in [1.82, 2.24) is 4.90 Å². The summed E-state index contributed by atoms with van der Waals surface area (Å²) in [6, 6.07) is 11.0. The summed E-state index contributed by atoms with van der Waals surface area (Å²) in [5.41, 5.74) is 7.05. The van der Waals surface area contributed by atoms with Crippen LogP contribution in [0.15, 0.2) is 36.4 Å². The summed E-state index contributed by atoms with van der Waals surface area (Å²) in [4.78, 5) is 15.2. The smallest absolute Gasteiger partial charge is 0.225 e. The van der Waals surface area contributed by atoms with Gasteiger partial charge in [-0.15, -0.1) is 11.3 Å². The lowest BCUT2D eigenvalue weighted by Crippen LogP contribution is -2.23. The maximum absolute atomic E-state index is 11.9. The quantitative estimate of drug-likeness (QED) is 0.801. The lowest BCUT2D eigenvalue weighted by molar-refractivity contribution is -0.116. The summed E-state index contributed by atoms with van der Waals surface area (Å²) < 4.78 is 0.791. The molecule has 0 spiro atoms. The zero-order valence-corrected chi connectivity index (χ0v) is 13.4. The van der Waals surface area contributed by atoms with Crippen LogP contribution in [0, 0.1) is 0 Å². The third-order valence-corrected chi connectivity index (χ3v) is 4.19. The molecule has 0 radical (unpaired) electrons. The fraction of sp³-hybridized carbons (Fsp3) is 0.267. The van der Waals surface area contributed by atoms with Crippen molar-refractivity contribution in [1.29, 1.82) is 0 Å². The summed E-state index contributed by atoms with van der Waals surface area (Å²) in [6.45, 7) is 1.49. The van der Waals surface area contributed by atoms with Crippen LogP contribution < -0.4 is 11.1 Å². The van der Waals surface area contributed by atoms with Crippen molar-refractivity contribution < 1.29 is 4.79 Å². The van der Waals surface area contributed by atoms with E-state index in [1.807, 2.05) is 19.2 Å². The van der Waals surface area contributed by atoms with E-state index < -0.39 is 0 Å². The largest absolute Gasteiger partial charge is 0.399 e. The van der Waals surface area contributed by atoms with E-state index in [0.29, 0.717) is 18.7 Å². The highest BCUT2D eigenvalue weighted by Crippen LogP contribution is 2.22. The molecule has 0 aliphatic heterocycles. The number of halogens is 1. The molecular formula is C15H18ClN3OS. The number of carbonyl (C=O) groups excluding carboxylic acids is 1. The van der Waals surface area contributed by atoms with E-state index in [-0.39, 0.29) is 5.91 Å². The second-order valence-corrected chi connectivity index (χ2v) is 6.66. The number of hydrogen-bond acceptors (Lipinski definition) is 4. The maximum atomic E-state index is 11.9. The molecule has 6 heteroatoms. The van der Waals surface area contributed by atoms with E-state index >= 15 is 0 Å². The Hall–Kier alpha value is -1.56. The topological polar surface area (TPSA) is 58.4 Å². The Balaban J connectivity index is 1.74. The SMILES string of the molecule is CN(CCC(=O)Nc1ccc(N)cc1)Cc1ccc(Cl)s1. The van der Waals surface area contributed by atoms with Gasteiger partial charge >= 0.3 is 0 Å². The third-order valence-electron chi connectivity index (χ3n) is 2.97. The van der Waals surface area contributed by atoms with Gasteiger partial charge in [-0.25, -0.2) is 0 Å². The minimum atomic E-state index is -0.00386. The fourth-order valence-electron chi connectivity index (χ4n) is 1.86. The summed E-state index contributed by atoms with van der Waals surface area (Å²) >= 11 is 7.47. The van der Waals surface area contributed by atoms with Crippen LogP contribution in [-0.2, 0) is 11.3 Å². The number of rotatable bonds is 6. The zero-order chi connectivity index (χ0) is 15.2. The highest BCUT2D eigenvalue weighted by Gasteiger charge is 2.07. The standard InChI is InChI=1S/C15H18ClN3OS/c1-19(10-13-6-7-14(16)21-13)9-8-15(20)18-12-4-2-11(17)3-5-12/h2-7H,8-10,17H2,1H3,(H,18,20). The normalized spacial score (nSPS) is 10.8. The molecule has 2 aromatic rings. The predicted molar refractivity (Wildman–Crippen MR) is 89.8 cm³/mol. The van der Waals surface area contributed by atoms with Crippen molar-refractivity contribution in [3.63, 3.8) is 0 Å². The lowest BCUT2D eigenvalue weighted by atomic mass is 10.2. The number of hydrogen-bond donors (Lipinski definition) is 2. The molecule has 1 aromatic carbocycles. The molecule has 0 bridgehead atoms. The third kappa shape index (κ3) is 5.38. The molecule has 0 saturated heterocycles. The molecule has 2 rings (SSSR count). The Kier molecular flexibility index (Phi) is 5.61. The molecule has 0 atom stereocenters. The van der Waals surface area contributed by atoms with E-state index in [1.54, 1.807) is 35.6 Å². The molecule has 0 unspecified atom stereocenters. The van der Waals surface area contributed by atoms with Crippen LogP contribution in [0.4, 0.5) is 11.4 Å². The first-order chi connectivity index (χ1) is 10.0.